The van der Waals surface area contributed by atoms with Gasteiger partial charge in [-0.05, 0) is 24.3 Å². The minimum absolute atomic E-state index is 0.280. The van der Waals surface area contributed by atoms with Crippen molar-refractivity contribution >= 4 is 40.2 Å². The molecule has 0 saturated heterocycles. The van der Waals surface area contributed by atoms with Crippen molar-refractivity contribution in [3.8, 4) is 5.88 Å². The minimum atomic E-state index is 0.280. The third kappa shape index (κ3) is 3.33. The summed E-state index contributed by atoms with van der Waals surface area (Å²) in [6.45, 7) is 0. The van der Waals surface area contributed by atoms with Crippen molar-refractivity contribution in [3.63, 3.8) is 0 Å². The Bertz CT molecular complexity index is 601. The minimum Gasteiger partial charge on any atom is -0.481 e. The number of methoxy groups -OCH3 is 1. The van der Waals surface area contributed by atoms with Gasteiger partial charge in [-0.2, -0.15) is 0 Å². The van der Waals surface area contributed by atoms with Crippen molar-refractivity contribution in [1.82, 2.24) is 4.98 Å². The van der Waals surface area contributed by atoms with Crippen LogP contribution in [0.25, 0.3) is 0 Å². The molecule has 0 fully saturated rings. The molecule has 0 aliphatic carbocycles. The van der Waals surface area contributed by atoms with Crippen LogP contribution in [0, 0.1) is 0 Å². The van der Waals surface area contributed by atoms with Gasteiger partial charge in [-0.15, -0.1) is 0 Å². The van der Waals surface area contributed by atoms with Crippen LogP contribution >= 0.6 is 23.8 Å². The van der Waals surface area contributed by atoms with Gasteiger partial charge in [0, 0.05) is 17.3 Å². The fraction of sp³-hybridized carbons (Fsp3) is 0.0769. The summed E-state index contributed by atoms with van der Waals surface area (Å²) in [7, 11) is 1.57. The Balaban J connectivity index is 2.18. The number of aromatic nitrogens is 1. The van der Waals surface area contributed by atoms with Crippen molar-refractivity contribution < 1.29 is 4.74 Å². The number of nitrogens with zero attached hydrogens (tertiary/aromatic N) is 1. The maximum atomic E-state index is 6.10. The lowest BCUT2D eigenvalue weighted by molar-refractivity contribution is 0.398. The molecule has 3 N–H and O–H groups in total. The maximum Gasteiger partial charge on any atom is 0.213 e. The third-order valence-corrected chi connectivity index (χ3v) is 3.00. The number of thiocarbonyl (C=S) groups is 1. The Morgan fingerprint density at radius 1 is 1.32 bits per heavy atom. The number of halogens is 1. The smallest absolute Gasteiger partial charge is 0.213 e. The van der Waals surface area contributed by atoms with Gasteiger partial charge in [0.25, 0.3) is 0 Å². The molecule has 98 valence electrons. The molecule has 0 aliphatic rings. The summed E-state index contributed by atoms with van der Waals surface area (Å²) in [6, 6.07) is 9.03. The first-order valence-corrected chi connectivity index (χ1v) is 6.25. The molecule has 0 spiro atoms. The van der Waals surface area contributed by atoms with Gasteiger partial charge in [-0.3, -0.25) is 0 Å². The van der Waals surface area contributed by atoms with Gasteiger partial charge in [0.05, 0.1) is 24.0 Å². The average molecular weight is 294 g/mol. The second-order valence-electron chi connectivity index (χ2n) is 3.77. The highest BCUT2D eigenvalue weighted by Gasteiger charge is 2.04. The monoisotopic (exact) mass is 293 g/mol. The van der Waals surface area contributed by atoms with Crippen molar-refractivity contribution in [2.45, 2.75) is 0 Å². The Morgan fingerprint density at radius 2 is 2.05 bits per heavy atom. The van der Waals surface area contributed by atoms with Crippen LogP contribution in [-0.4, -0.2) is 17.1 Å². The van der Waals surface area contributed by atoms with Gasteiger partial charge in [0.2, 0.25) is 5.88 Å². The van der Waals surface area contributed by atoms with Crippen LogP contribution in [0.15, 0.2) is 36.5 Å². The highest BCUT2D eigenvalue weighted by atomic mass is 35.5. The largest absolute Gasteiger partial charge is 0.481 e. The zero-order valence-electron chi connectivity index (χ0n) is 10.2. The highest BCUT2D eigenvalue weighted by Crippen LogP contribution is 2.24. The number of benzene rings is 1. The van der Waals surface area contributed by atoms with Gasteiger partial charge in [0.1, 0.15) is 4.99 Å². The molecule has 0 unspecified atom stereocenters. The van der Waals surface area contributed by atoms with Crippen molar-refractivity contribution in [2.24, 2.45) is 5.73 Å². The Kier molecular flexibility index (Phi) is 4.19. The molecule has 1 aromatic heterocycles. The van der Waals surface area contributed by atoms with E-state index >= 15 is 0 Å². The fourth-order valence-electron chi connectivity index (χ4n) is 1.53. The van der Waals surface area contributed by atoms with Crippen LogP contribution in [-0.2, 0) is 0 Å². The molecule has 0 radical (unpaired) electrons. The van der Waals surface area contributed by atoms with Crippen LogP contribution in [0.4, 0.5) is 11.4 Å². The Morgan fingerprint density at radius 3 is 2.58 bits per heavy atom. The van der Waals surface area contributed by atoms with E-state index in [1.165, 1.54) is 0 Å². The van der Waals surface area contributed by atoms with Crippen molar-refractivity contribution in [1.29, 1.82) is 0 Å². The van der Waals surface area contributed by atoms with Gasteiger partial charge in [-0.25, -0.2) is 4.98 Å². The Hall–Kier alpha value is -1.85. The van der Waals surface area contributed by atoms with Crippen LogP contribution < -0.4 is 15.8 Å². The summed E-state index contributed by atoms with van der Waals surface area (Å²) < 4.78 is 4.99. The first-order chi connectivity index (χ1) is 9.10. The van der Waals surface area contributed by atoms with E-state index < -0.39 is 0 Å². The summed E-state index contributed by atoms with van der Waals surface area (Å²) >= 11 is 11.0. The topological polar surface area (TPSA) is 60.2 Å². The lowest BCUT2D eigenvalue weighted by Crippen LogP contribution is -2.09. The van der Waals surface area contributed by atoms with E-state index in [0.717, 1.165) is 11.4 Å². The zero-order chi connectivity index (χ0) is 13.8. The first kappa shape index (κ1) is 13.6. The van der Waals surface area contributed by atoms with E-state index in [-0.39, 0.29) is 4.99 Å². The van der Waals surface area contributed by atoms with Crippen LogP contribution in [0.3, 0.4) is 0 Å². The average Bonchev–Trinajstić information content (AvgIpc) is 2.39. The second-order valence-corrected chi connectivity index (χ2v) is 4.62. The maximum absolute atomic E-state index is 6.10. The summed E-state index contributed by atoms with van der Waals surface area (Å²) in [6.07, 6.45) is 1.67. The van der Waals surface area contributed by atoms with Crippen molar-refractivity contribution in [2.75, 3.05) is 12.4 Å². The highest BCUT2D eigenvalue weighted by molar-refractivity contribution is 7.80. The zero-order valence-corrected chi connectivity index (χ0v) is 11.8. The molecule has 4 nitrogen and oxygen atoms in total. The predicted octanol–water partition coefficient (Wildman–Crippen LogP) is 3.12. The summed E-state index contributed by atoms with van der Waals surface area (Å²) in [5.41, 5.74) is 7.88. The van der Waals surface area contributed by atoms with Crippen LogP contribution in [0.5, 0.6) is 5.88 Å². The number of hydrogen-bond donors (Lipinski definition) is 2. The van der Waals surface area contributed by atoms with Gasteiger partial charge >= 0.3 is 0 Å². The number of nitrogens with one attached hydrogen (secondary N) is 1. The molecule has 0 bridgehead atoms. The van der Waals surface area contributed by atoms with Crippen molar-refractivity contribution in [3.05, 3.63) is 47.1 Å². The quantitative estimate of drug-likeness (QED) is 0.848. The lowest BCUT2D eigenvalue weighted by atomic mass is 10.2. The van der Waals surface area contributed by atoms with Crippen LogP contribution in [0.2, 0.25) is 5.02 Å². The second kappa shape index (κ2) is 5.86. The molecular formula is C13H12ClN3OS. The predicted molar refractivity (Wildman–Crippen MR) is 81.4 cm³/mol. The molecule has 0 atom stereocenters. The molecule has 0 aliphatic heterocycles. The standard InChI is InChI=1S/C13H12ClN3OS/c1-18-12-5-3-9(7-16-12)17-8-2-4-10(13(15)19)11(14)6-8/h2-7,17H,1H3,(H2,15,19). The van der Waals surface area contributed by atoms with E-state index in [0.29, 0.717) is 16.5 Å². The van der Waals surface area contributed by atoms with E-state index in [1.807, 2.05) is 12.1 Å². The molecular weight excluding hydrogens is 282 g/mol. The number of rotatable bonds is 4. The molecule has 2 aromatic rings. The molecule has 2 rings (SSSR count). The summed E-state index contributed by atoms with van der Waals surface area (Å²) in [5.74, 6) is 0.562. The van der Waals surface area contributed by atoms with E-state index in [1.54, 1.807) is 31.5 Å². The number of anilines is 2. The molecule has 1 aromatic carbocycles. The van der Waals surface area contributed by atoms with Crippen LogP contribution in [0.1, 0.15) is 5.56 Å². The first-order valence-electron chi connectivity index (χ1n) is 5.46. The molecule has 1 heterocycles. The number of hydrogen-bond acceptors (Lipinski definition) is 4. The SMILES string of the molecule is COc1ccc(Nc2ccc(C(N)=S)c(Cl)c2)cn1. The van der Waals surface area contributed by atoms with E-state index in [9.17, 15) is 0 Å². The lowest BCUT2D eigenvalue weighted by Gasteiger charge is -2.09. The molecule has 6 heteroatoms. The van der Waals surface area contributed by atoms with Gasteiger partial charge in [-0.1, -0.05) is 23.8 Å². The fourth-order valence-corrected chi connectivity index (χ4v) is 2.05. The Labute approximate surface area is 121 Å². The van der Waals surface area contributed by atoms with Gasteiger partial charge in [0.15, 0.2) is 0 Å². The summed E-state index contributed by atoms with van der Waals surface area (Å²) in [4.78, 5) is 4.38. The number of ether oxygens (including phenoxy) is 1. The summed E-state index contributed by atoms with van der Waals surface area (Å²) in [5, 5.41) is 3.69. The number of pyridine rings is 1. The normalized spacial score (nSPS) is 10.0. The number of nitrogens with two attached hydrogens (primary N) is 1. The third-order valence-electron chi connectivity index (χ3n) is 2.47. The molecule has 19 heavy (non-hydrogen) atoms. The molecule has 0 saturated carbocycles. The van der Waals surface area contributed by atoms with E-state index in [4.69, 9.17) is 34.3 Å². The van der Waals surface area contributed by atoms with Gasteiger partial charge < -0.3 is 15.8 Å². The molecule has 0 amide bonds. The van der Waals surface area contributed by atoms with E-state index in [2.05, 4.69) is 10.3 Å².